The van der Waals surface area contributed by atoms with Crippen molar-refractivity contribution >= 4 is 23.2 Å². The number of aromatic nitrogens is 2. The van der Waals surface area contributed by atoms with Crippen LogP contribution >= 0.6 is 11.3 Å². The second kappa shape index (κ2) is 6.86. The first-order valence-corrected chi connectivity index (χ1v) is 8.85. The smallest absolute Gasteiger partial charge is 0.263 e. The van der Waals surface area contributed by atoms with E-state index in [0.717, 1.165) is 17.8 Å². The molecule has 0 unspecified atom stereocenters. The lowest BCUT2D eigenvalue weighted by Crippen LogP contribution is -2.55. The fourth-order valence-electron chi connectivity index (χ4n) is 3.12. The van der Waals surface area contributed by atoms with Crippen molar-refractivity contribution in [1.29, 1.82) is 0 Å². The quantitative estimate of drug-likeness (QED) is 0.916. The second-order valence-corrected chi connectivity index (χ2v) is 7.66. The Hall–Kier alpha value is -1.99. The number of carbonyl (C=O) groups is 1. The summed E-state index contributed by atoms with van der Waals surface area (Å²) in [5.74, 6) is 0.577. The average Bonchev–Trinajstić information content (AvgIpc) is 3.01. The topological polar surface area (TPSA) is 69.6 Å². The molecule has 2 aromatic rings. The summed E-state index contributed by atoms with van der Waals surface area (Å²) in [4.78, 5) is 26.4. The lowest BCUT2D eigenvalue weighted by atomic mass is 9.92. The van der Waals surface area contributed by atoms with E-state index < -0.39 is 5.60 Å². The number of amides is 1. The Balaban J connectivity index is 1.67. The van der Waals surface area contributed by atoms with Crippen LogP contribution < -0.4 is 4.90 Å². The molecule has 7 heteroatoms. The number of nitrogens with zero attached hydrogens (tertiary/aromatic N) is 4. The number of piperidine rings is 1. The fraction of sp³-hybridized carbons (Fsp3) is 0.471. The Morgan fingerprint density at radius 3 is 2.83 bits per heavy atom. The molecule has 2 aromatic heterocycles. The molecule has 1 atom stereocenters. The van der Waals surface area contributed by atoms with Crippen molar-refractivity contribution in [3.05, 3.63) is 40.3 Å². The molecule has 0 aliphatic carbocycles. The molecule has 128 valence electrons. The van der Waals surface area contributed by atoms with Gasteiger partial charge in [-0.25, -0.2) is 9.97 Å². The van der Waals surface area contributed by atoms with Crippen LogP contribution in [-0.2, 0) is 0 Å². The number of aryl methyl sites for hydroxylation is 1. The van der Waals surface area contributed by atoms with Gasteiger partial charge in [0, 0.05) is 30.9 Å². The third-order valence-corrected chi connectivity index (χ3v) is 5.21. The van der Waals surface area contributed by atoms with E-state index in [0.29, 0.717) is 30.3 Å². The van der Waals surface area contributed by atoms with Crippen molar-refractivity contribution in [3.63, 3.8) is 0 Å². The van der Waals surface area contributed by atoms with E-state index in [1.807, 2.05) is 24.0 Å². The predicted octanol–water partition coefficient (Wildman–Crippen LogP) is 1.95. The number of aliphatic hydroxyl groups is 1. The summed E-state index contributed by atoms with van der Waals surface area (Å²) >= 11 is 1.48. The maximum Gasteiger partial charge on any atom is 0.263 e. The lowest BCUT2D eigenvalue weighted by molar-refractivity contribution is -0.000173. The highest BCUT2D eigenvalue weighted by molar-refractivity contribution is 7.13. The number of anilines is 1. The van der Waals surface area contributed by atoms with Gasteiger partial charge in [-0.15, -0.1) is 11.3 Å². The second-order valence-electron chi connectivity index (χ2n) is 6.37. The zero-order valence-corrected chi connectivity index (χ0v) is 14.8. The summed E-state index contributed by atoms with van der Waals surface area (Å²) in [6.45, 7) is 3.52. The molecule has 6 nitrogen and oxygen atoms in total. The molecule has 0 saturated carbocycles. The van der Waals surface area contributed by atoms with Crippen LogP contribution in [0.15, 0.2) is 30.6 Å². The Morgan fingerprint density at radius 2 is 2.17 bits per heavy atom. The summed E-state index contributed by atoms with van der Waals surface area (Å²) in [7, 11) is 1.74. The molecular formula is C17H22N4O2S. The molecular weight excluding hydrogens is 324 g/mol. The molecule has 1 aliphatic rings. The van der Waals surface area contributed by atoms with Crippen molar-refractivity contribution < 1.29 is 9.90 Å². The van der Waals surface area contributed by atoms with Crippen molar-refractivity contribution in [3.8, 4) is 0 Å². The maximum absolute atomic E-state index is 12.5. The summed E-state index contributed by atoms with van der Waals surface area (Å²) in [6.07, 6.45) is 4.90. The molecule has 0 spiro atoms. The Morgan fingerprint density at radius 1 is 1.42 bits per heavy atom. The number of likely N-dealkylation sites (N-methyl/N-ethyl adjacent to an activating group) is 1. The minimum Gasteiger partial charge on any atom is -0.386 e. The van der Waals surface area contributed by atoms with E-state index in [9.17, 15) is 9.90 Å². The summed E-state index contributed by atoms with van der Waals surface area (Å²) < 4.78 is 0. The minimum atomic E-state index is -0.950. The molecule has 3 heterocycles. The summed E-state index contributed by atoms with van der Waals surface area (Å²) in [5, 5.41) is 11.0. The minimum absolute atomic E-state index is 0.0467. The zero-order valence-electron chi connectivity index (χ0n) is 14.0. The van der Waals surface area contributed by atoms with Gasteiger partial charge in [-0.05, 0) is 38.0 Å². The molecule has 0 bridgehead atoms. The third kappa shape index (κ3) is 3.73. The van der Waals surface area contributed by atoms with Gasteiger partial charge < -0.3 is 14.9 Å². The summed E-state index contributed by atoms with van der Waals surface area (Å²) in [5.41, 5.74) is -0.950. The van der Waals surface area contributed by atoms with Crippen LogP contribution in [0.5, 0.6) is 0 Å². The average molecular weight is 346 g/mol. The number of carbonyl (C=O) groups excluding carboxylic acids is 1. The van der Waals surface area contributed by atoms with Crippen LogP contribution in [0.4, 0.5) is 5.95 Å². The summed E-state index contributed by atoms with van der Waals surface area (Å²) in [6, 6.07) is 5.55. The zero-order chi connectivity index (χ0) is 17.2. The van der Waals surface area contributed by atoms with Gasteiger partial charge in [-0.1, -0.05) is 0 Å². The first-order valence-electron chi connectivity index (χ1n) is 8.03. The highest BCUT2D eigenvalue weighted by Gasteiger charge is 2.36. The molecule has 1 aliphatic heterocycles. The standard InChI is InChI=1S/C17H22N4O2S/c1-13-5-6-14(24-13)15(22)20(2)11-17(23)7-3-10-21(12-17)16-18-8-4-9-19-16/h4-6,8-9,23H,3,7,10-12H2,1-2H3/t17-/m1/s1. The molecule has 0 aromatic carbocycles. The molecule has 1 saturated heterocycles. The monoisotopic (exact) mass is 346 g/mol. The Labute approximate surface area is 145 Å². The van der Waals surface area contributed by atoms with Gasteiger partial charge in [0.1, 0.15) is 0 Å². The van der Waals surface area contributed by atoms with Crippen LogP contribution in [0.2, 0.25) is 0 Å². The lowest BCUT2D eigenvalue weighted by Gasteiger charge is -2.41. The van der Waals surface area contributed by atoms with Crippen LogP contribution in [0.3, 0.4) is 0 Å². The van der Waals surface area contributed by atoms with E-state index in [4.69, 9.17) is 0 Å². The van der Waals surface area contributed by atoms with Crippen molar-refractivity contribution in [1.82, 2.24) is 14.9 Å². The molecule has 0 radical (unpaired) electrons. The number of rotatable bonds is 4. The van der Waals surface area contributed by atoms with Crippen LogP contribution in [-0.4, -0.2) is 58.2 Å². The van der Waals surface area contributed by atoms with Gasteiger partial charge in [-0.2, -0.15) is 0 Å². The first kappa shape index (κ1) is 16.9. The Bertz CT molecular complexity index is 706. The van der Waals surface area contributed by atoms with Crippen LogP contribution in [0, 0.1) is 6.92 Å². The van der Waals surface area contributed by atoms with Gasteiger partial charge >= 0.3 is 0 Å². The normalized spacial score (nSPS) is 20.9. The molecule has 1 N–H and O–H groups in total. The number of thiophene rings is 1. The molecule has 3 rings (SSSR count). The first-order chi connectivity index (χ1) is 11.5. The van der Waals surface area contributed by atoms with Crippen molar-refractivity contribution in [2.24, 2.45) is 0 Å². The third-order valence-electron chi connectivity index (χ3n) is 4.22. The van der Waals surface area contributed by atoms with E-state index in [2.05, 4.69) is 9.97 Å². The van der Waals surface area contributed by atoms with Crippen molar-refractivity contribution in [2.45, 2.75) is 25.4 Å². The van der Waals surface area contributed by atoms with E-state index in [-0.39, 0.29) is 5.91 Å². The van der Waals surface area contributed by atoms with E-state index in [1.165, 1.54) is 11.3 Å². The van der Waals surface area contributed by atoms with E-state index in [1.54, 1.807) is 30.4 Å². The highest BCUT2D eigenvalue weighted by atomic mass is 32.1. The number of β-amino-alcohol motifs (C(OH)–C–C–N with tert-alkyl or cyclic N) is 1. The van der Waals surface area contributed by atoms with E-state index >= 15 is 0 Å². The van der Waals surface area contributed by atoms with Gasteiger partial charge in [-0.3, -0.25) is 4.79 Å². The molecule has 1 fully saturated rings. The highest BCUT2D eigenvalue weighted by Crippen LogP contribution is 2.25. The van der Waals surface area contributed by atoms with Crippen LogP contribution in [0.1, 0.15) is 27.4 Å². The fourth-order valence-corrected chi connectivity index (χ4v) is 3.98. The number of hydrogen-bond acceptors (Lipinski definition) is 6. The SMILES string of the molecule is Cc1ccc(C(=O)N(C)C[C@]2(O)CCCN(c3ncccn3)C2)s1. The molecule has 1 amide bonds. The molecule has 24 heavy (non-hydrogen) atoms. The maximum atomic E-state index is 12.5. The van der Waals surface area contributed by atoms with Crippen LogP contribution in [0.25, 0.3) is 0 Å². The van der Waals surface area contributed by atoms with Gasteiger partial charge in [0.15, 0.2) is 0 Å². The number of hydrogen-bond donors (Lipinski definition) is 1. The van der Waals surface area contributed by atoms with Gasteiger partial charge in [0.05, 0.1) is 23.6 Å². The Kier molecular flexibility index (Phi) is 4.82. The van der Waals surface area contributed by atoms with Gasteiger partial charge in [0.2, 0.25) is 5.95 Å². The van der Waals surface area contributed by atoms with Crippen molar-refractivity contribution in [2.75, 3.05) is 31.6 Å². The predicted molar refractivity (Wildman–Crippen MR) is 94.4 cm³/mol. The van der Waals surface area contributed by atoms with Gasteiger partial charge in [0.25, 0.3) is 5.91 Å². The largest absolute Gasteiger partial charge is 0.386 e.